The van der Waals surface area contributed by atoms with Gasteiger partial charge in [-0.3, -0.25) is 0 Å². The molecule has 0 spiro atoms. The molecule has 0 fully saturated rings. The van der Waals surface area contributed by atoms with E-state index in [1.807, 2.05) is 26.0 Å². The first-order valence-corrected chi connectivity index (χ1v) is 6.64. The minimum atomic E-state index is -0.521. The van der Waals surface area contributed by atoms with Crippen LogP contribution in [0.2, 0.25) is 0 Å². The lowest BCUT2D eigenvalue weighted by atomic mass is 9.92. The Morgan fingerprint density at radius 2 is 1.55 bits per heavy atom. The van der Waals surface area contributed by atoms with Crippen molar-refractivity contribution in [1.29, 1.82) is 0 Å². The average Bonchev–Trinajstić information content (AvgIpc) is 2.38. The summed E-state index contributed by atoms with van der Waals surface area (Å²) in [6.45, 7) is 5.67. The third kappa shape index (κ3) is 2.73. The van der Waals surface area contributed by atoms with Crippen LogP contribution in [0, 0.1) is 32.4 Å². The molecule has 0 aliphatic carbocycles. The molecular weight excluding hydrogens is 256 g/mol. The van der Waals surface area contributed by atoms with Crippen molar-refractivity contribution in [3.8, 4) is 0 Å². The van der Waals surface area contributed by atoms with Gasteiger partial charge in [0.1, 0.15) is 11.6 Å². The standard InChI is InChI=1S/C17H19F2N/c1-10-5-6-13(11(2)7-10)17(20-4)14-8-12(3)15(18)9-16(14)19/h5-9,17,20H,1-4H3. The van der Waals surface area contributed by atoms with Gasteiger partial charge in [-0.05, 0) is 50.6 Å². The molecule has 1 nitrogen and oxygen atoms in total. The molecule has 2 aromatic rings. The van der Waals surface area contributed by atoms with E-state index in [0.29, 0.717) is 11.1 Å². The minimum absolute atomic E-state index is 0.283. The van der Waals surface area contributed by atoms with Gasteiger partial charge in [0.2, 0.25) is 0 Å². The highest BCUT2D eigenvalue weighted by Crippen LogP contribution is 2.28. The third-order valence-electron chi connectivity index (χ3n) is 3.61. The molecule has 2 aromatic carbocycles. The smallest absolute Gasteiger partial charge is 0.131 e. The van der Waals surface area contributed by atoms with Crippen molar-refractivity contribution in [2.24, 2.45) is 0 Å². The first kappa shape index (κ1) is 14.7. The normalized spacial score (nSPS) is 12.5. The molecule has 1 atom stereocenters. The molecule has 20 heavy (non-hydrogen) atoms. The lowest BCUT2D eigenvalue weighted by molar-refractivity contribution is 0.547. The average molecular weight is 275 g/mol. The summed E-state index contributed by atoms with van der Waals surface area (Å²) in [6, 6.07) is 8.30. The van der Waals surface area contributed by atoms with Crippen LogP contribution in [-0.4, -0.2) is 7.05 Å². The lowest BCUT2D eigenvalue weighted by Gasteiger charge is -2.21. The largest absolute Gasteiger partial charge is 0.309 e. The van der Waals surface area contributed by atoms with E-state index < -0.39 is 11.6 Å². The van der Waals surface area contributed by atoms with Gasteiger partial charge in [-0.25, -0.2) is 8.78 Å². The molecule has 0 saturated heterocycles. The van der Waals surface area contributed by atoms with E-state index in [2.05, 4.69) is 11.4 Å². The topological polar surface area (TPSA) is 12.0 Å². The molecule has 106 valence electrons. The second kappa shape index (κ2) is 5.71. The van der Waals surface area contributed by atoms with Crippen molar-refractivity contribution in [1.82, 2.24) is 5.32 Å². The van der Waals surface area contributed by atoms with Gasteiger partial charge >= 0.3 is 0 Å². The number of hydrogen-bond acceptors (Lipinski definition) is 1. The molecule has 0 aromatic heterocycles. The summed E-state index contributed by atoms with van der Waals surface area (Å²) in [7, 11) is 1.78. The van der Waals surface area contributed by atoms with Gasteiger partial charge in [-0.1, -0.05) is 23.8 Å². The van der Waals surface area contributed by atoms with Crippen molar-refractivity contribution >= 4 is 0 Å². The predicted molar refractivity (Wildman–Crippen MR) is 77.9 cm³/mol. The van der Waals surface area contributed by atoms with Gasteiger partial charge in [0.05, 0.1) is 6.04 Å². The number of aryl methyl sites for hydroxylation is 3. The predicted octanol–water partition coefficient (Wildman–Crippen LogP) is 4.20. The second-order valence-electron chi connectivity index (χ2n) is 5.20. The zero-order valence-corrected chi connectivity index (χ0v) is 12.2. The summed E-state index contributed by atoms with van der Waals surface area (Å²) in [4.78, 5) is 0. The van der Waals surface area contributed by atoms with E-state index in [-0.39, 0.29) is 6.04 Å². The summed E-state index contributed by atoms with van der Waals surface area (Å²) < 4.78 is 27.5. The Bertz CT molecular complexity index is 635. The second-order valence-corrected chi connectivity index (χ2v) is 5.20. The number of rotatable bonds is 3. The first-order valence-electron chi connectivity index (χ1n) is 6.64. The first-order chi connectivity index (χ1) is 9.43. The monoisotopic (exact) mass is 275 g/mol. The minimum Gasteiger partial charge on any atom is -0.309 e. The Kier molecular flexibility index (Phi) is 4.19. The van der Waals surface area contributed by atoms with Crippen LogP contribution in [0.3, 0.4) is 0 Å². The summed E-state index contributed by atoms with van der Waals surface area (Å²) in [6.07, 6.45) is 0. The summed E-state index contributed by atoms with van der Waals surface area (Å²) >= 11 is 0. The molecule has 0 radical (unpaired) electrons. The van der Waals surface area contributed by atoms with Crippen LogP contribution in [0.5, 0.6) is 0 Å². The van der Waals surface area contributed by atoms with Crippen molar-refractivity contribution < 1.29 is 8.78 Å². The molecule has 2 rings (SSSR count). The molecule has 0 aliphatic heterocycles. The summed E-state index contributed by atoms with van der Waals surface area (Å²) in [5, 5.41) is 3.12. The van der Waals surface area contributed by atoms with E-state index in [1.54, 1.807) is 20.0 Å². The van der Waals surface area contributed by atoms with Crippen LogP contribution in [0.1, 0.15) is 33.9 Å². The van der Waals surface area contributed by atoms with E-state index in [4.69, 9.17) is 0 Å². The van der Waals surface area contributed by atoms with Gasteiger partial charge in [-0.15, -0.1) is 0 Å². The van der Waals surface area contributed by atoms with E-state index in [1.165, 1.54) is 0 Å². The Balaban J connectivity index is 2.55. The van der Waals surface area contributed by atoms with E-state index in [9.17, 15) is 8.78 Å². The van der Waals surface area contributed by atoms with Crippen LogP contribution in [0.4, 0.5) is 8.78 Å². The molecule has 0 heterocycles. The molecule has 0 aliphatic rings. The zero-order valence-electron chi connectivity index (χ0n) is 12.2. The highest BCUT2D eigenvalue weighted by molar-refractivity contribution is 5.40. The Hall–Kier alpha value is -1.74. The molecule has 0 amide bonds. The third-order valence-corrected chi connectivity index (χ3v) is 3.61. The number of benzene rings is 2. The fourth-order valence-electron chi connectivity index (χ4n) is 2.53. The SMILES string of the molecule is CNC(c1ccc(C)cc1C)c1cc(C)c(F)cc1F. The van der Waals surface area contributed by atoms with Gasteiger partial charge in [0, 0.05) is 11.6 Å². The van der Waals surface area contributed by atoms with E-state index in [0.717, 1.165) is 22.8 Å². The fraction of sp³-hybridized carbons (Fsp3) is 0.294. The summed E-state index contributed by atoms with van der Waals surface area (Å²) in [5.74, 6) is -1.03. The van der Waals surface area contributed by atoms with Gasteiger partial charge in [0.15, 0.2) is 0 Å². The lowest BCUT2D eigenvalue weighted by Crippen LogP contribution is -2.20. The van der Waals surface area contributed by atoms with Crippen molar-refractivity contribution in [2.75, 3.05) is 7.05 Å². The highest BCUT2D eigenvalue weighted by atomic mass is 19.1. The maximum atomic E-state index is 14.1. The number of hydrogen-bond donors (Lipinski definition) is 1. The number of nitrogens with one attached hydrogen (secondary N) is 1. The van der Waals surface area contributed by atoms with Gasteiger partial charge in [0.25, 0.3) is 0 Å². The van der Waals surface area contributed by atoms with Gasteiger partial charge < -0.3 is 5.32 Å². The maximum absolute atomic E-state index is 14.1. The molecule has 3 heteroatoms. The molecule has 0 saturated carbocycles. The van der Waals surface area contributed by atoms with Crippen LogP contribution in [0.15, 0.2) is 30.3 Å². The highest BCUT2D eigenvalue weighted by Gasteiger charge is 2.19. The quantitative estimate of drug-likeness (QED) is 0.885. The van der Waals surface area contributed by atoms with Crippen LogP contribution in [0.25, 0.3) is 0 Å². The fourth-order valence-corrected chi connectivity index (χ4v) is 2.53. The number of halogens is 2. The molecule has 1 unspecified atom stereocenters. The Morgan fingerprint density at radius 1 is 0.850 bits per heavy atom. The van der Waals surface area contributed by atoms with E-state index >= 15 is 0 Å². The molecule has 0 bridgehead atoms. The van der Waals surface area contributed by atoms with Crippen LogP contribution in [-0.2, 0) is 0 Å². The Morgan fingerprint density at radius 3 is 2.15 bits per heavy atom. The van der Waals surface area contributed by atoms with Crippen molar-refractivity contribution in [2.45, 2.75) is 26.8 Å². The Labute approximate surface area is 118 Å². The molecule has 1 N–H and O–H groups in total. The van der Waals surface area contributed by atoms with Crippen molar-refractivity contribution in [3.05, 3.63) is 69.8 Å². The maximum Gasteiger partial charge on any atom is 0.131 e. The molecular formula is C17H19F2N. The van der Waals surface area contributed by atoms with Crippen LogP contribution < -0.4 is 5.32 Å². The van der Waals surface area contributed by atoms with Crippen molar-refractivity contribution in [3.63, 3.8) is 0 Å². The van der Waals surface area contributed by atoms with Crippen LogP contribution >= 0.6 is 0 Å². The summed E-state index contributed by atoms with van der Waals surface area (Å²) in [5.41, 5.74) is 4.18. The zero-order chi connectivity index (χ0) is 14.9. The van der Waals surface area contributed by atoms with Gasteiger partial charge in [-0.2, -0.15) is 0 Å².